The third kappa shape index (κ3) is 3.36. The highest BCUT2D eigenvalue weighted by atomic mass is 16.3. The third-order valence-corrected chi connectivity index (χ3v) is 3.16. The molecule has 2 rings (SSSR count). The molecule has 84 valence electrons. The lowest BCUT2D eigenvalue weighted by Crippen LogP contribution is -2.36. The predicted molar refractivity (Wildman–Crippen MR) is 60.8 cm³/mol. The van der Waals surface area contributed by atoms with Gasteiger partial charge in [0.1, 0.15) is 0 Å². The molecule has 1 fully saturated rings. The van der Waals surface area contributed by atoms with Crippen LogP contribution in [0.1, 0.15) is 24.8 Å². The number of hydrogen-bond acceptors (Lipinski definition) is 2. The first-order chi connectivity index (χ1) is 7.34. The highest BCUT2D eigenvalue weighted by Gasteiger charge is 2.15. The summed E-state index contributed by atoms with van der Waals surface area (Å²) >= 11 is 0. The van der Waals surface area contributed by atoms with Gasteiger partial charge in [0.25, 0.3) is 0 Å². The Bertz CT molecular complexity index is 263. The van der Waals surface area contributed by atoms with Crippen LogP contribution in [0.5, 0.6) is 0 Å². The molecule has 1 saturated heterocycles. The second-order valence-corrected chi connectivity index (χ2v) is 4.40. The van der Waals surface area contributed by atoms with E-state index in [1.54, 1.807) is 0 Å². The lowest BCUT2D eigenvalue weighted by Gasteiger charge is -2.29. The van der Waals surface area contributed by atoms with Gasteiger partial charge in [-0.1, -0.05) is 0 Å². The van der Waals surface area contributed by atoms with Crippen LogP contribution in [0.3, 0.4) is 0 Å². The van der Waals surface area contributed by atoms with Crippen LogP contribution in [-0.2, 0) is 6.42 Å². The number of piperidine rings is 1. The molecule has 0 atom stereocenters. The fourth-order valence-corrected chi connectivity index (χ4v) is 2.16. The van der Waals surface area contributed by atoms with Gasteiger partial charge in [-0.2, -0.15) is 0 Å². The van der Waals surface area contributed by atoms with Crippen LogP contribution < -0.4 is 0 Å². The molecule has 0 radical (unpaired) electrons. The Labute approximate surface area is 91.1 Å². The van der Waals surface area contributed by atoms with Crippen molar-refractivity contribution in [3.8, 4) is 0 Å². The number of aromatic nitrogens is 1. The number of nitrogens with one attached hydrogen (secondary N) is 1. The van der Waals surface area contributed by atoms with E-state index in [2.05, 4.69) is 22.1 Å². The number of aryl methyl sites for hydroxylation is 1. The Morgan fingerprint density at radius 3 is 2.87 bits per heavy atom. The summed E-state index contributed by atoms with van der Waals surface area (Å²) in [4.78, 5) is 5.54. The second kappa shape index (κ2) is 5.33. The van der Waals surface area contributed by atoms with E-state index in [1.165, 1.54) is 12.0 Å². The summed E-state index contributed by atoms with van der Waals surface area (Å²) in [5.74, 6) is 0. The third-order valence-electron chi connectivity index (χ3n) is 3.16. The van der Waals surface area contributed by atoms with Crippen molar-refractivity contribution < 1.29 is 5.11 Å². The normalized spacial score (nSPS) is 19.5. The summed E-state index contributed by atoms with van der Waals surface area (Å²) in [6.45, 7) is 3.29. The molecule has 0 aromatic carbocycles. The molecule has 1 aliphatic rings. The van der Waals surface area contributed by atoms with Gasteiger partial charge in [0, 0.05) is 25.5 Å². The quantitative estimate of drug-likeness (QED) is 0.785. The van der Waals surface area contributed by atoms with Gasteiger partial charge in [0.05, 0.1) is 6.10 Å². The number of aliphatic hydroxyl groups is 1. The Balaban J connectivity index is 1.62. The molecule has 0 unspecified atom stereocenters. The van der Waals surface area contributed by atoms with Gasteiger partial charge in [-0.15, -0.1) is 0 Å². The topological polar surface area (TPSA) is 39.3 Å². The van der Waals surface area contributed by atoms with Crippen molar-refractivity contribution in [3.63, 3.8) is 0 Å². The lowest BCUT2D eigenvalue weighted by atomic mass is 10.1. The number of rotatable bonds is 4. The van der Waals surface area contributed by atoms with Gasteiger partial charge in [-0.3, -0.25) is 0 Å². The van der Waals surface area contributed by atoms with E-state index in [0.29, 0.717) is 0 Å². The molecule has 15 heavy (non-hydrogen) atoms. The summed E-state index contributed by atoms with van der Waals surface area (Å²) in [6, 6.07) is 2.14. The van der Waals surface area contributed by atoms with E-state index < -0.39 is 0 Å². The minimum absolute atomic E-state index is 0.0501. The van der Waals surface area contributed by atoms with E-state index in [0.717, 1.165) is 38.9 Å². The van der Waals surface area contributed by atoms with Gasteiger partial charge in [0.2, 0.25) is 0 Å². The Hall–Kier alpha value is -0.800. The maximum atomic E-state index is 9.37. The molecular formula is C12H20N2O. The van der Waals surface area contributed by atoms with Crippen LogP contribution in [0, 0.1) is 0 Å². The Kier molecular flexibility index (Phi) is 3.80. The maximum Gasteiger partial charge on any atom is 0.0564 e. The summed E-state index contributed by atoms with van der Waals surface area (Å²) in [5.41, 5.74) is 1.40. The van der Waals surface area contributed by atoms with Gasteiger partial charge in [-0.25, -0.2) is 0 Å². The van der Waals surface area contributed by atoms with E-state index in [4.69, 9.17) is 0 Å². The van der Waals surface area contributed by atoms with Crippen LogP contribution in [-0.4, -0.2) is 40.7 Å². The van der Waals surface area contributed by atoms with Crippen molar-refractivity contribution >= 4 is 0 Å². The van der Waals surface area contributed by atoms with Crippen LogP contribution in [0.15, 0.2) is 18.5 Å². The van der Waals surface area contributed by atoms with E-state index in [1.807, 2.05) is 6.20 Å². The molecule has 3 heteroatoms. The number of likely N-dealkylation sites (tertiary alicyclic amines) is 1. The fourth-order valence-electron chi connectivity index (χ4n) is 2.16. The van der Waals surface area contributed by atoms with Crippen LogP contribution in [0.25, 0.3) is 0 Å². The van der Waals surface area contributed by atoms with Crippen LogP contribution >= 0.6 is 0 Å². The monoisotopic (exact) mass is 208 g/mol. The van der Waals surface area contributed by atoms with Gasteiger partial charge in [-0.05, 0) is 43.9 Å². The van der Waals surface area contributed by atoms with Gasteiger partial charge < -0.3 is 15.0 Å². The number of aliphatic hydroxyl groups excluding tert-OH is 1. The Morgan fingerprint density at radius 2 is 2.20 bits per heavy atom. The zero-order chi connectivity index (χ0) is 10.5. The average molecular weight is 208 g/mol. The van der Waals surface area contributed by atoms with Gasteiger partial charge >= 0.3 is 0 Å². The van der Waals surface area contributed by atoms with E-state index in [9.17, 15) is 5.11 Å². The molecule has 0 bridgehead atoms. The smallest absolute Gasteiger partial charge is 0.0564 e. The number of aromatic amines is 1. The molecule has 0 aliphatic carbocycles. The summed E-state index contributed by atoms with van der Waals surface area (Å²) < 4.78 is 0. The minimum atomic E-state index is -0.0501. The molecule has 1 aromatic heterocycles. The standard InChI is InChI=1S/C12H20N2O/c15-12-4-8-14(9-5-12)7-1-2-11-3-6-13-10-11/h3,6,10,12-13,15H,1-2,4-5,7-9H2. The van der Waals surface area contributed by atoms with Crippen molar-refractivity contribution in [1.82, 2.24) is 9.88 Å². The van der Waals surface area contributed by atoms with Crippen molar-refractivity contribution in [2.24, 2.45) is 0 Å². The number of hydrogen-bond donors (Lipinski definition) is 2. The first-order valence-corrected chi connectivity index (χ1v) is 5.86. The lowest BCUT2D eigenvalue weighted by molar-refractivity contribution is 0.0821. The summed E-state index contributed by atoms with van der Waals surface area (Å²) in [6.07, 6.45) is 8.27. The molecule has 0 spiro atoms. The first-order valence-electron chi connectivity index (χ1n) is 5.86. The highest BCUT2D eigenvalue weighted by Crippen LogP contribution is 2.11. The number of H-pyrrole nitrogens is 1. The number of nitrogens with zero attached hydrogens (tertiary/aromatic N) is 1. The van der Waals surface area contributed by atoms with Crippen LogP contribution in [0.2, 0.25) is 0 Å². The maximum absolute atomic E-state index is 9.37. The van der Waals surface area contributed by atoms with Crippen molar-refractivity contribution in [1.29, 1.82) is 0 Å². The van der Waals surface area contributed by atoms with Gasteiger partial charge in [0.15, 0.2) is 0 Å². The molecule has 2 heterocycles. The SMILES string of the molecule is OC1CCN(CCCc2cc[nH]c2)CC1. The Morgan fingerprint density at radius 1 is 1.40 bits per heavy atom. The average Bonchev–Trinajstić information content (AvgIpc) is 2.74. The van der Waals surface area contributed by atoms with Crippen LogP contribution in [0.4, 0.5) is 0 Å². The predicted octanol–water partition coefficient (Wildman–Crippen LogP) is 1.40. The van der Waals surface area contributed by atoms with Crippen molar-refractivity contribution in [3.05, 3.63) is 24.0 Å². The molecule has 0 saturated carbocycles. The van der Waals surface area contributed by atoms with Crippen molar-refractivity contribution in [2.45, 2.75) is 31.8 Å². The summed E-state index contributed by atoms with van der Waals surface area (Å²) in [5, 5.41) is 9.37. The molecule has 1 aliphatic heterocycles. The van der Waals surface area contributed by atoms with E-state index >= 15 is 0 Å². The largest absolute Gasteiger partial charge is 0.393 e. The molecule has 0 amide bonds. The fraction of sp³-hybridized carbons (Fsp3) is 0.667. The zero-order valence-corrected chi connectivity index (χ0v) is 9.15. The zero-order valence-electron chi connectivity index (χ0n) is 9.15. The summed E-state index contributed by atoms with van der Waals surface area (Å²) in [7, 11) is 0. The second-order valence-electron chi connectivity index (χ2n) is 4.40. The molecule has 3 nitrogen and oxygen atoms in total. The molecule has 2 N–H and O–H groups in total. The van der Waals surface area contributed by atoms with Crippen molar-refractivity contribution in [2.75, 3.05) is 19.6 Å². The molecular weight excluding hydrogens is 188 g/mol. The molecule has 1 aromatic rings. The minimum Gasteiger partial charge on any atom is -0.393 e. The highest BCUT2D eigenvalue weighted by molar-refractivity contribution is 5.08. The first kappa shape index (κ1) is 10.7. The van der Waals surface area contributed by atoms with E-state index in [-0.39, 0.29) is 6.10 Å².